The number of benzene rings is 1. The van der Waals surface area contributed by atoms with Crippen molar-refractivity contribution in [2.75, 3.05) is 11.9 Å². The summed E-state index contributed by atoms with van der Waals surface area (Å²) in [7, 11) is 0. The van der Waals surface area contributed by atoms with Crippen LogP contribution < -0.4 is 5.32 Å². The van der Waals surface area contributed by atoms with Gasteiger partial charge in [0.25, 0.3) is 0 Å². The Labute approximate surface area is 162 Å². The number of aromatic nitrogens is 2. The van der Waals surface area contributed by atoms with E-state index in [1.54, 1.807) is 0 Å². The Kier molecular flexibility index (Phi) is 5.70. The molecule has 0 fully saturated rings. The molecule has 4 heteroatoms. The molecule has 0 amide bonds. The highest BCUT2D eigenvalue weighted by molar-refractivity contribution is 5.86. The number of nitrogens with one attached hydrogen (secondary N) is 1. The minimum Gasteiger partial charge on any atom is -0.371 e. The molecule has 0 spiro atoms. The van der Waals surface area contributed by atoms with Gasteiger partial charge in [0.15, 0.2) is 5.65 Å². The molecular formula is C23H30N4. The van der Waals surface area contributed by atoms with E-state index in [-0.39, 0.29) is 0 Å². The molecule has 0 saturated carbocycles. The van der Waals surface area contributed by atoms with Gasteiger partial charge in [-0.25, -0.2) is 4.98 Å². The Hall–Kier alpha value is -2.54. The fourth-order valence-corrected chi connectivity index (χ4v) is 3.59. The van der Waals surface area contributed by atoms with Gasteiger partial charge in [-0.2, -0.15) is 5.26 Å². The lowest BCUT2D eigenvalue weighted by molar-refractivity contribution is 0.584. The van der Waals surface area contributed by atoms with E-state index in [0.29, 0.717) is 17.4 Å². The molecule has 0 radical (unpaired) electrons. The molecule has 27 heavy (non-hydrogen) atoms. The van der Waals surface area contributed by atoms with Crippen LogP contribution in [0.4, 0.5) is 5.82 Å². The van der Waals surface area contributed by atoms with Gasteiger partial charge in [-0.15, -0.1) is 0 Å². The molecule has 0 atom stereocenters. The first-order chi connectivity index (χ1) is 12.9. The van der Waals surface area contributed by atoms with Crippen molar-refractivity contribution >= 4 is 22.5 Å². The fourth-order valence-electron chi connectivity index (χ4n) is 3.59. The quantitative estimate of drug-likeness (QED) is 0.585. The van der Waals surface area contributed by atoms with E-state index in [2.05, 4.69) is 56.5 Å². The van der Waals surface area contributed by atoms with Crippen LogP contribution in [0.1, 0.15) is 57.2 Å². The number of rotatable bonds is 7. The molecule has 1 aromatic carbocycles. The third kappa shape index (κ3) is 3.78. The summed E-state index contributed by atoms with van der Waals surface area (Å²) < 4.78 is 2.16. The predicted molar refractivity (Wildman–Crippen MR) is 113 cm³/mol. The molecule has 2 heterocycles. The van der Waals surface area contributed by atoms with Gasteiger partial charge in [0, 0.05) is 6.54 Å². The smallest absolute Gasteiger partial charge is 0.157 e. The van der Waals surface area contributed by atoms with Gasteiger partial charge >= 0.3 is 0 Å². The van der Waals surface area contributed by atoms with Gasteiger partial charge < -0.3 is 5.32 Å². The number of imidazole rings is 1. The number of fused-ring (bicyclic) bond motifs is 3. The van der Waals surface area contributed by atoms with E-state index in [0.717, 1.165) is 53.9 Å². The van der Waals surface area contributed by atoms with Crippen molar-refractivity contribution in [1.29, 1.82) is 5.26 Å². The Morgan fingerprint density at radius 1 is 1.11 bits per heavy atom. The lowest BCUT2D eigenvalue weighted by Crippen LogP contribution is -2.14. The molecule has 0 aliphatic heterocycles. The Balaban J connectivity index is 2.26. The minimum absolute atomic E-state index is 0.619. The van der Waals surface area contributed by atoms with E-state index in [9.17, 15) is 5.26 Å². The second kappa shape index (κ2) is 8.00. The summed E-state index contributed by atoms with van der Waals surface area (Å²) in [6.07, 6.45) is 3.17. The zero-order valence-corrected chi connectivity index (χ0v) is 17.1. The van der Waals surface area contributed by atoms with Gasteiger partial charge in [-0.05, 0) is 61.3 Å². The molecule has 3 rings (SSSR count). The lowest BCUT2D eigenvalue weighted by Gasteiger charge is -2.20. The average Bonchev–Trinajstić information content (AvgIpc) is 2.99. The summed E-state index contributed by atoms with van der Waals surface area (Å²) in [5, 5.41) is 13.6. The predicted octanol–water partition coefficient (Wildman–Crippen LogP) is 5.71. The molecule has 142 valence electrons. The summed E-state index contributed by atoms with van der Waals surface area (Å²) in [6.45, 7) is 12.0. The van der Waals surface area contributed by atoms with Gasteiger partial charge in [0.05, 0.1) is 16.6 Å². The van der Waals surface area contributed by atoms with E-state index in [1.807, 2.05) is 18.2 Å². The minimum atomic E-state index is 0.619. The van der Waals surface area contributed by atoms with Gasteiger partial charge in [0.1, 0.15) is 11.9 Å². The first-order valence-corrected chi connectivity index (χ1v) is 10.0. The van der Waals surface area contributed by atoms with Crippen LogP contribution in [0.15, 0.2) is 24.3 Å². The van der Waals surface area contributed by atoms with Crippen LogP contribution in [0.3, 0.4) is 0 Å². The van der Waals surface area contributed by atoms with Crippen LogP contribution in [0.2, 0.25) is 0 Å². The van der Waals surface area contributed by atoms with Crippen molar-refractivity contribution in [3.8, 4) is 6.07 Å². The molecule has 1 N–H and O–H groups in total. The summed E-state index contributed by atoms with van der Waals surface area (Å²) in [5.41, 5.74) is 5.76. The first-order valence-electron chi connectivity index (χ1n) is 10.0. The van der Waals surface area contributed by atoms with Crippen LogP contribution in [-0.2, 0) is 6.42 Å². The molecule has 0 saturated heterocycles. The van der Waals surface area contributed by atoms with Crippen LogP contribution in [0, 0.1) is 30.1 Å². The molecule has 2 aromatic heterocycles. The summed E-state index contributed by atoms with van der Waals surface area (Å²) >= 11 is 0. The largest absolute Gasteiger partial charge is 0.371 e. The van der Waals surface area contributed by atoms with E-state index < -0.39 is 0 Å². The zero-order valence-electron chi connectivity index (χ0n) is 17.1. The second-order valence-electron chi connectivity index (χ2n) is 8.24. The van der Waals surface area contributed by atoms with Gasteiger partial charge in [-0.3, -0.25) is 4.40 Å². The molecule has 0 unspecified atom stereocenters. The maximum Gasteiger partial charge on any atom is 0.157 e. The van der Waals surface area contributed by atoms with Crippen LogP contribution in [0.5, 0.6) is 0 Å². The summed E-state index contributed by atoms with van der Waals surface area (Å²) in [6, 6.07) is 10.6. The van der Waals surface area contributed by atoms with Gasteiger partial charge in [-0.1, -0.05) is 39.8 Å². The molecular weight excluding hydrogens is 332 g/mol. The fraction of sp³-hybridized carbons (Fsp3) is 0.478. The third-order valence-electron chi connectivity index (χ3n) is 5.22. The van der Waals surface area contributed by atoms with Crippen molar-refractivity contribution in [2.24, 2.45) is 11.8 Å². The average molecular weight is 363 g/mol. The number of nitrogens with zero attached hydrogens (tertiary/aromatic N) is 3. The Bertz CT molecular complexity index is 989. The van der Waals surface area contributed by atoms with Crippen molar-refractivity contribution in [3.05, 3.63) is 41.0 Å². The third-order valence-corrected chi connectivity index (χ3v) is 5.22. The normalized spacial score (nSPS) is 11.6. The second-order valence-corrected chi connectivity index (χ2v) is 8.24. The highest BCUT2D eigenvalue weighted by Crippen LogP contribution is 2.32. The number of nitriles is 1. The van der Waals surface area contributed by atoms with Crippen molar-refractivity contribution in [2.45, 2.75) is 53.9 Å². The number of hydrogen-bond donors (Lipinski definition) is 1. The van der Waals surface area contributed by atoms with Crippen LogP contribution >= 0.6 is 0 Å². The zero-order chi connectivity index (χ0) is 19.6. The summed E-state index contributed by atoms with van der Waals surface area (Å²) in [5.74, 6) is 2.37. The Morgan fingerprint density at radius 2 is 1.81 bits per heavy atom. The van der Waals surface area contributed by atoms with Crippen molar-refractivity contribution in [3.63, 3.8) is 0 Å². The van der Waals surface area contributed by atoms with Crippen molar-refractivity contribution < 1.29 is 0 Å². The summed E-state index contributed by atoms with van der Waals surface area (Å²) in [4.78, 5) is 4.79. The maximum absolute atomic E-state index is 9.86. The molecule has 4 nitrogen and oxygen atoms in total. The van der Waals surface area contributed by atoms with E-state index in [1.165, 1.54) is 5.56 Å². The van der Waals surface area contributed by atoms with E-state index >= 15 is 0 Å². The number of anilines is 1. The highest BCUT2D eigenvalue weighted by Gasteiger charge is 2.20. The molecule has 0 aliphatic carbocycles. The lowest BCUT2D eigenvalue weighted by atomic mass is 9.96. The number of pyridine rings is 1. The number of hydrogen-bond acceptors (Lipinski definition) is 3. The van der Waals surface area contributed by atoms with Gasteiger partial charge in [0.2, 0.25) is 0 Å². The molecule has 3 aromatic rings. The topological polar surface area (TPSA) is 53.1 Å². The standard InChI is InChI=1S/C23H30N4/c1-15(2)10-11-18-17(5)19(14-24)23-26-20-8-6-7-9-21(20)27(23)22(18)25-13-12-16(3)4/h6-9,15-16,25H,10-13H2,1-5H3. The van der Waals surface area contributed by atoms with Crippen LogP contribution in [0.25, 0.3) is 16.7 Å². The number of para-hydroxylation sites is 2. The van der Waals surface area contributed by atoms with Crippen molar-refractivity contribution in [1.82, 2.24) is 9.38 Å². The SMILES string of the molecule is Cc1c(CCC(C)C)c(NCCC(C)C)n2c(nc3ccccc32)c1C#N. The highest BCUT2D eigenvalue weighted by atomic mass is 15.1. The van der Waals surface area contributed by atoms with E-state index in [4.69, 9.17) is 4.98 Å². The first kappa shape index (κ1) is 19.2. The molecule has 0 bridgehead atoms. The Morgan fingerprint density at radius 3 is 2.48 bits per heavy atom. The molecule has 0 aliphatic rings. The van der Waals surface area contributed by atoms with Crippen LogP contribution in [-0.4, -0.2) is 15.9 Å². The maximum atomic E-state index is 9.86. The monoisotopic (exact) mass is 362 g/mol.